The van der Waals surface area contributed by atoms with Crippen molar-refractivity contribution in [2.75, 3.05) is 0 Å². The molecule has 2 nitrogen and oxygen atoms in total. The molecule has 0 N–H and O–H groups in total. The molecule has 0 amide bonds. The van der Waals surface area contributed by atoms with Crippen molar-refractivity contribution >= 4 is 32.7 Å². The Balaban J connectivity index is 1.60. The molecule has 0 unspecified atom stereocenters. The minimum absolute atomic E-state index is 0.968. The highest BCUT2D eigenvalue weighted by Gasteiger charge is 2.24. The highest BCUT2D eigenvalue weighted by atomic mass is 15.1. The van der Waals surface area contributed by atoms with Gasteiger partial charge in [-0.15, -0.1) is 0 Å². The topological polar surface area (TPSA) is 17.8 Å². The number of para-hydroxylation sites is 2. The molecule has 30 heavy (non-hydrogen) atoms. The van der Waals surface area contributed by atoms with Gasteiger partial charge in [0.1, 0.15) is 5.82 Å². The number of nitrogens with zero attached hydrogens (tertiary/aromatic N) is 2. The zero-order chi connectivity index (χ0) is 19.7. The van der Waals surface area contributed by atoms with E-state index >= 15 is 0 Å². The Morgan fingerprint density at radius 1 is 0.633 bits per heavy atom. The zero-order valence-corrected chi connectivity index (χ0v) is 16.3. The van der Waals surface area contributed by atoms with Crippen molar-refractivity contribution < 1.29 is 0 Å². The summed E-state index contributed by atoms with van der Waals surface area (Å²) in [5.74, 6) is 0.968. The Kier molecular flexibility index (Phi) is 3.09. The lowest BCUT2D eigenvalue weighted by molar-refractivity contribution is 1.10. The second kappa shape index (κ2) is 5.80. The maximum atomic E-state index is 5.01. The maximum absolute atomic E-state index is 5.01. The summed E-state index contributed by atoms with van der Waals surface area (Å²) in [5.41, 5.74) is 9.05. The molecule has 1 aliphatic carbocycles. The third kappa shape index (κ3) is 2.05. The molecule has 140 valence electrons. The molecule has 4 aromatic carbocycles. The predicted molar refractivity (Wildman–Crippen MR) is 124 cm³/mol. The first kappa shape index (κ1) is 15.9. The lowest BCUT2D eigenvalue weighted by Gasteiger charge is -2.09. The lowest BCUT2D eigenvalue weighted by Crippen LogP contribution is -1.97. The molecule has 2 heteroatoms. The fourth-order valence-corrected chi connectivity index (χ4v) is 5.12. The van der Waals surface area contributed by atoms with Crippen LogP contribution in [-0.4, -0.2) is 9.55 Å². The molecule has 0 radical (unpaired) electrons. The summed E-state index contributed by atoms with van der Waals surface area (Å²) < 4.78 is 2.32. The first-order valence-electron chi connectivity index (χ1n) is 10.4. The largest absolute Gasteiger partial charge is 0.294 e. The fraction of sp³-hybridized carbons (Fsp3) is 0.0357. The van der Waals surface area contributed by atoms with Crippen molar-refractivity contribution in [3.05, 3.63) is 108 Å². The van der Waals surface area contributed by atoms with Gasteiger partial charge in [0, 0.05) is 16.2 Å². The Morgan fingerprint density at radius 2 is 1.47 bits per heavy atom. The zero-order valence-electron chi connectivity index (χ0n) is 16.3. The third-order valence-electron chi connectivity index (χ3n) is 6.43. The van der Waals surface area contributed by atoms with E-state index in [0.29, 0.717) is 0 Å². The highest BCUT2D eigenvalue weighted by molar-refractivity contribution is 6.13. The van der Waals surface area contributed by atoms with Crippen LogP contribution >= 0.6 is 0 Å². The van der Waals surface area contributed by atoms with Crippen LogP contribution in [0.15, 0.2) is 97.1 Å². The van der Waals surface area contributed by atoms with Crippen LogP contribution in [-0.2, 0) is 6.42 Å². The van der Waals surface area contributed by atoms with Gasteiger partial charge in [-0.3, -0.25) is 4.57 Å². The van der Waals surface area contributed by atoms with Crippen molar-refractivity contribution in [3.8, 4) is 16.9 Å². The Labute approximate surface area is 174 Å². The van der Waals surface area contributed by atoms with Crippen molar-refractivity contribution in [2.24, 2.45) is 0 Å². The number of hydrogen-bond acceptors (Lipinski definition) is 1. The Hall–Kier alpha value is -3.91. The lowest BCUT2D eigenvalue weighted by atomic mass is 10.0. The number of rotatable bonds is 1. The number of benzene rings is 4. The summed E-state index contributed by atoms with van der Waals surface area (Å²) in [7, 11) is 0. The van der Waals surface area contributed by atoms with E-state index in [-0.39, 0.29) is 0 Å². The molecule has 6 aromatic rings. The van der Waals surface area contributed by atoms with Gasteiger partial charge in [0.25, 0.3) is 0 Å². The highest BCUT2D eigenvalue weighted by Crippen LogP contribution is 2.44. The second-order valence-corrected chi connectivity index (χ2v) is 8.03. The fourth-order valence-electron chi connectivity index (χ4n) is 5.12. The summed E-state index contributed by atoms with van der Waals surface area (Å²) in [6.07, 6.45) is 0.988. The molecule has 7 rings (SSSR count). The molecule has 0 fully saturated rings. The smallest absolute Gasteiger partial charge is 0.138 e. The Morgan fingerprint density at radius 3 is 2.47 bits per heavy atom. The summed E-state index contributed by atoms with van der Waals surface area (Å²) in [5, 5.41) is 3.82. The third-order valence-corrected chi connectivity index (χ3v) is 6.43. The Bertz CT molecular complexity index is 1620. The van der Waals surface area contributed by atoms with Gasteiger partial charge in [-0.05, 0) is 59.0 Å². The van der Waals surface area contributed by atoms with E-state index in [2.05, 4.69) is 102 Å². The number of fused-ring (bicyclic) bond motifs is 8. The van der Waals surface area contributed by atoms with Crippen LogP contribution in [0, 0.1) is 0 Å². The molecule has 2 aromatic heterocycles. The van der Waals surface area contributed by atoms with Gasteiger partial charge in [0.2, 0.25) is 0 Å². The van der Waals surface area contributed by atoms with Gasteiger partial charge >= 0.3 is 0 Å². The van der Waals surface area contributed by atoms with Crippen LogP contribution < -0.4 is 0 Å². The van der Waals surface area contributed by atoms with Crippen LogP contribution in [0.2, 0.25) is 0 Å². The average molecular weight is 382 g/mol. The van der Waals surface area contributed by atoms with Crippen LogP contribution in [0.25, 0.3) is 49.7 Å². The van der Waals surface area contributed by atoms with Gasteiger partial charge in [0.05, 0.1) is 16.6 Å². The van der Waals surface area contributed by atoms with Crippen molar-refractivity contribution in [2.45, 2.75) is 6.42 Å². The first-order valence-corrected chi connectivity index (χ1v) is 10.4. The van der Waals surface area contributed by atoms with Crippen molar-refractivity contribution in [1.29, 1.82) is 0 Å². The SMILES string of the molecule is c1ccc2c(c1)Cc1c-2ccc2c1c1ccccc1n2-c1ccc2ccccc2n1. The average Bonchev–Trinajstić information content (AvgIpc) is 3.34. The summed E-state index contributed by atoms with van der Waals surface area (Å²) in [6.45, 7) is 0. The summed E-state index contributed by atoms with van der Waals surface area (Å²) in [4.78, 5) is 5.01. The molecule has 0 saturated heterocycles. The summed E-state index contributed by atoms with van der Waals surface area (Å²) in [6, 6.07) is 34.7. The second-order valence-electron chi connectivity index (χ2n) is 8.03. The van der Waals surface area contributed by atoms with Crippen LogP contribution in [0.5, 0.6) is 0 Å². The minimum Gasteiger partial charge on any atom is -0.294 e. The number of aromatic nitrogens is 2. The first-order chi connectivity index (χ1) is 14.9. The van der Waals surface area contributed by atoms with Gasteiger partial charge in [-0.2, -0.15) is 0 Å². The van der Waals surface area contributed by atoms with Gasteiger partial charge in [-0.1, -0.05) is 66.7 Å². The molecular formula is C28H18N2. The van der Waals surface area contributed by atoms with E-state index < -0.39 is 0 Å². The van der Waals surface area contributed by atoms with E-state index in [4.69, 9.17) is 4.98 Å². The van der Waals surface area contributed by atoms with Crippen molar-refractivity contribution in [3.63, 3.8) is 0 Å². The molecule has 2 heterocycles. The van der Waals surface area contributed by atoms with Gasteiger partial charge in [0.15, 0.2) is 0 Å². The van der Waals surface area contributed by atoms with E-state index in [9.17, 15) is 0 Å². The van der Waals surface area contributed by atoms with Crippen LogP contribution in [0.3, 0.4) is 0 Å². The van der Waals surface area contributed by atoms with E-state index in [1.165, 1.54) is 49.4 Å². The standard InChI is InChI=1S/C28H18N2/c1-3-9-20-19(8-1)17-23-21(20)14-15-26-28(23)22-10-4-6-12-25(22)30(26)27-16-13-18-7-2-5-11-24(18)29-27/h1-16H,17H2. The normalized spacial score (nSPS) is 12.5. The monoisotopic (exact) mass is 382 g/mol. The van der Waals surface area contributed by atoms with E-state index in [1.54, 1.807) is 0 Å². The molecule has 0 aliphatic heterocycles. The summed E-state index contributed by atoms with van der Waals surface area (Å²) >= 11 is 0. The van der Waals surface area contributed by atoms with Gasteiger partial charge < -0.3 is 0 Å². The molecule has 0 saturated carbocycles. The molecule has 0 atom stereocenters. The van der Waals surface area contributed by atoms with Crippen molar-refractivity contribution in [1.82, 2.24) is 9.55 Å². The number of pyridine rings is 1. The molecule has 1 aliphatic rings. The van der Waals surface area contributed by atoms with Crippen LogP contribution in [0.4, 0.5) is 0 Å². The van der Waals surface area contributed by atoms with Gasteiger partial charge in [-0.25, -0.2) is 4.98 Å². The van der Waals surface area contributed by atoms with E-state index in [0.717, 1.165) is 17.8 Å². The van der Waals surface area contributed by atoms with E-state index in [1.807, 2.05) is 0 Å². The minimum atomic E-state index is 0.968. The molecule has 0 spiro atoms. The van der Waals surface area contributed by atoms with Crippen LogP contribution in [0.1, 0.15) is 11.1 Å². The molecular weight excluding hydrogens is 364 g/mol. The quantitative estimate of drug-likeness (QED) is 0.302. The molecule has 0 bridgehead atoms. The maximum Gasteiger partial charge on any atom is 0.138 e. The number of hydrogen-bond donors (Lipinski definition) is 0. The predicted octanol–water partition coefficient (Wildman–Crippen LogP) is 6.90.